The van der Waals surface area contributed by atoms with Crippen LogP contribution in [0.1, 0.15) is 70.8 Å². The number of nitrogens with zero attached hydrogens (tertiary/aromatic N) is 1. The molecular formula is C22H29F3N2O2. The highest BCUT2D eigenvalue weighted by atomic mass is 19.4. The number of alkyl halides is 3. The van der Waals surface area contributed by atoms with Gasteiger partial charge in [0.2, 0.25) is 5.91 Å². The van der Waals surface area contributed by atoms with Crippen molar-refractivity contribution in [3.63, 3.8) is 0 Å². The summed E-state index contributed by atoms with van der Waals surface area (Å²) in [5.41, 5.74) is -0.722. The highest BCUT2D eigenvalue weighted by molar-refractivity contribution is 6.10. The van der Waals surface area contributed by atoms with Crippen molar-refractivity contribution in [2.75, 3.05) is 5.32 Å². The minimum absolute atomic E-state index is 0.115. The van der Waals surface area contributed by atoms with E-state index in [1.165, 1.54) is 0 Å². The predicted molar refractivity (Wildman–Crippen MR) is 106 cm³/mol. The summed E-state index contributed by atoms with van der Waals surface area (Å²) in [4.78, 5) is 25.3. The second-order valence-electron chi connectivity index (χ2n) is 7.22. The van der Waals surface area contributed by atoms with Crippen molar-refractivity contribution in [1.82, 2.24) is 0 Å². The van der Waals surface area contributed by atoms with Gasteiger partial charge in [-0.05, 0) is 37.1 Å². The Morgan fingerprint density at radius 1 is 1.00 bits per heavy atom. The minimum Gasteiger partial charge on any atom is -0.325 e. The molecule has 0 saturated heterocycles. The van der Waals surface area contributed by atoms with Crippen LogP contribution in [-0.2, 0) is 15.8 Å². The van der Waals surface area contributed by atoms with Crippen LogP contribution in [0.3, 0.4) is 0 Å². The Bertz CT molecular complexity index is 683. The highest BCUT2D eigenvalue weighted by Gasteiger charge is 2.33. The lowest BCUT2D eigenvalue weighted by molar-refractivity contribution is -0.137. The van der Waals surface area contributed by atoms with Gasteiger partial charge in [0.1, 0.15) is 0 Å². The van der Waals surface area contributed by atoms with Gasteiger partial charge in [-0.3, -0.25) is 9.59 Å². The molecular weight excluding hydrogens is 381 g/mol. The predicted octanol–water partition coefficient (Wildman–Crippen LogP) is 6.13. The molecule has 1 aromatic rings. The molecule has 1 unspecified atom stereocenters. The zero-order valence-corrected chi connectivity index (χ0v) is 17.0. The smallest absolute Gasteiger partial charge is 0.325 e. The van der Waals surface area contributed by atoms with Gasteiger partial charge in [0.05, 0.1) is 11.6 Å². The number of hydrogen-bond acceptors (Lipinski definition) is 3. The second-order valence-corrected chi connectivity index (χ2v) is 7.22. The minimum atomic E-state index is -4.47. The number of hydrogen-bond donors (Lipinski definition) is 1. The van der Waals surface area contributed by atoms with Crippen molar-refractivity contribution in [1.29, 1.82) is 5.26 Å². The van der Waals surface area contributed by atoms with Crippen LogP contribution in [0, 0.1) is 23.2 Å². The third-order valence-electron chi connectivity index (χ3n) is 4.87. The number of carbonyl (C=O) groups is 2. The van der Waals surface area contributed by atoms with E-state index >= 15 is 0 Å². The van der Waals surface area contributed by atoms with Crippen molar-refractivity contribution < 1.29 is 22.8 Å². The summed E-state index contributed by atoms with van der Waals surface area (Å²) in [6.07, 6.45) is 2.49. The molecule has 0 fully saturated rings. The first-order valence-electron chi connectivity index (χ1n) is 10.2. The number of nitriles is 1. The molecule has 1 aromatic carbocycles. The van der Waals surface area contributed by atoms with Crippen LogP contribution in [0.15, 0.2) is 24.3 Å². The van der Waals surface area contributed by atoms with E-state index in [2.05, 4.69) is 19.2 Å². The van der Waals surface area contributed by atoms with E-state index in [4.69, 9.17) is 0 Å². The fraction of sp³-hybridized carbons (Fsp3) is 0.591. The van der Waals surface area contributed by atoms with Crippen molar-refractivity contribution in [3.05, 3.63) is 29.8 Å². The molecule has 0 saturated carbocycles. The van der Waals surface area contributed by atoms with E-state index in [1.54, 1.807) is 6.07 Å². The lowest BCUT2D eigenvalue weighted by Gasteiger charge is -2.18. The average molecular weight is 410 g/mol. The third kappa shape index (κ3) is 8.26. The number of nitrogens with one attached hydrogen (secondary N) is 1. The molecule has 0 aliphatic carbocycles. The van der Waals surface area contributed by atoms with E-state index in [0.29, 0.717) is 12.8 Å². The Kier molecular flexibility index (Phi) is 10.4. The Hall–Kier alpha value is -2.36. The summed E-state index contributed by atoms with van der Waals surface area (Å²) in [7, 11) is 0. The van der Waals surface area contributed by atoms with E-state index in [0.717, 1.165) is 62.8 Å². The summed E-state index contributed by atoms with van der Waals surface area (Å²) in [6.45, 7) is 4.12. The van der Waals surface area contributed by atoms with E-state index in [-0.39, 0.29) is 11.6 Å². The van der Waals surface area contributed by atoms with Crippen LogP contribution in [0.4, 0.5) is 18.9 Å². The number of benzene rings is 1. The fourth-order valence-corrected chi connectivity index (χ4v) is 3.15. The first-order chi connectivity index (χ1) is 13.7. The van der Waals surface area contributed by atoms with E-state index < -0.39 is 29.3 Å². The Morgan fingerprint density at radius 3 is 1.93 bits per heavy atom. The molecule has 0 radical (unpaired) electrons. The maximum absolute atomic E-state index is 12.8. The van der Waals surface area contributed by atoms with Gasteiger partial charge in [0.15, 0.2) is 11.7 Å². The Labute approximate surface area is 170 Å². The molecule has 4 nitrogen and oxygen atoms in total. The van der Waals surface area contributed by atoms with Crippen LogP contribution in [-0.4, -0.2) is 11.7 Å². The molecule has 0 aliphatic rings. The molecule has 0 aromatic heterocycles. The number of unbranched alkanes of at least 4 members (excludes halogenated alkanes) is 4. The summed E-state index contributed by atoms with van der Waals surface area (Å²) >= 11 is 0. The fourth-order valence-electron chi connectivity index (χ4n) is 3.15. The standard InChI is InChI=1S/C22H29F3N2O2/c1-3-5-7-9-16(10-8-6-4-2)20(28)19(15-26)21(29)27-18-13-11-17(12-14-18)22(23,24)25/h11-14,16,19H,3-10H2,1-2H3,(H,27,29). The second kappa shape index (κ2) is 12.3. The van der Waals surface area contributed by atoms with Crippen LogP contribution < -0.4 is 5.32 Å². The zero-order valence-electron chi connectivity index (χ0n) is 17.0. The molecule has 1 atom stereocenters. The summed E-state index contributed by atoms with van der Waals surface area (Å²) in [5.74, 6) is -3.01. The number of rotatable bonds is 12. The molecule has 0 bridgehead atoms. The molecule has 0 heterocycles. The van der Waals surface area contributed by atoms with Gasteiger partial charge in [-0.15, -0.1) is 0 Å². The maximum Gasteiger partial charge on any atom is 0.416 e. The van der Waals surface area contributed by atoms with Crippen LogP contribution in [0.25, 0.3) is 0 Å². The number of anilines is 1. The number of ketones is 1. The number of amides is 1. The molecule has 0 spiro atoms. The molecule has 160 valence electrons. The normalized spacial score (nSPS) is 12.4. The number of carbonyl (C=O) groups excluding carboxylic acids is 2. The molecule has 1 rings (SSSR count). The summed E-state index contributed by atoms with van der Waals surface area (Å²) in [5, 5.41) is 11.8. The Morgan fingerprint density at radius 2 is 1.52 bits per heavy atom. The van der Waals surface area contributed by atoms with Crippen LogP contribution in [0.5, 0.6) is 0 Å². The molecule has 1 N–H and O–H groups in total. The van der Waals surface area contributed by atoms with Crippen molar-refractivity contribution >= 4 is 17.4 Å². The first-order valence-corrected chi connectivity index (χ1v) is 10.2. The van der Waals surface area contributed by atoms with E-state index in [9.17, 15) is 28.0 Å². The summed E-state index contributed by atoms with van der Waals surface area (Å²) < 4.78 is 37.9. The molecule has 0 aliphatic heterocycles. The molecule has 29 heavy (non-hydrogen) atoms. The lowest BCUT2D eigenvalue weighted by Crippen LogP contribution is -2.33. The van der Waals surface area contributed by atoms with Crippen LogP contribution in [0.2, 0.25) is 0 Å². The monoisotopic (exact) mass is 410 g/mol. The van der Waals surface area contributed by atoms with Gasteiger partial charge < -0.3 is 5.32 Å². The van der Waals surface area contributed by atoms with Gasteiger partial charge in [-0.2, -0.15) is 18.4 Å². The summed E-state index contributed by atoms with van der Waals surface area (Å²) in [6, 6.07) is 5.69. The molecule has 7 heteroatoms. The van der Waals surface area contributed by atoms with Gasteiger partial charge in [-0.1, -0.05) is 52.4 Å². The van der Waals surface area contributed by atoms with Crippen LogP contribution >= 0.6 is 0 Å². The van der Waals surface area contributed by atoms with Crippen molar-refractivity contribution in [3.8, 4) is 6.07 Å². The Balaban J connectivity index is 2.83. The highest BCUT2D eigenvalue weighted by Crippen LogP contribution is 2.30. The number of halogens is 3. The van der Waals surface area contributed by atoms with Gasteiger partial charge in [0, 0.05) is 11.6 Å². The topological polar surface area (TPSA) is 70.0 Å². The van der Waals surface area contributed by atoms with E-state index in [1.807, 2.05) is 0 Å². The lowest BCUT2D eigenvalue weighted by atomic mass is 9.85. The first kappa shape index (κ1) is 24.7. The van der Waals surface area contributed by atoms with Crippen molar-refractivity contribution in [2.24, 2.45) is 11.8 Å². The van der Waals surface area contributed by atoms with Gasteiger partial charge in [-0.25, -0.2) is 0 Å². The third-order valence-corrected chi connectivity index (χ3v) is 4.87. The molecule has 1 amide bonds. The quantitative estimate of drug-likeness (QED) is 0.333. The largest absolute Gasteiger partial charge is 0.416 e. The SMILES string of the molecule is CCCCCC(CCCCC)C(=O)C(C#N)C(=O)Nc1ccc(C(F)(F)F)cc1. The average Bonchev–Trinajstić information content (AvgIpc) is 2.67. The zero-order chi connectivity index (χ0) is 21.9. The maximum atomic E-state index is 12.8. The van der Waals surface area contributed by atoms with Gasteiger partial charge in [0.25, 0.3) is 0 Å². The number of Topliss-reactive ketones (excluding diaryl/α,β-unsaturated/α-hetero) is 1. The van der Waals surface area contributed by atoms with Crippen molar-refractivity contribution in [2.45, 2.75) is 71.4 Å². The van der Waals surface area contributed by atoms with Gasteiger partial charge >= 0.3 is 6.18 Å².